The van der Waals surface area contributed by atoms with Crippen LogP contribution in [0, 0.1) is 0 Å². The lowest BCUT2D eigenvalue weighted by Gasteiger charge is -2.25. The zero-order valence-corrected chi connectivity index (χ0v) is 14.8. The lowest BCUT2D eigenvalue weighted by Crippen LogP contribution is -2.26. The molecule has 130 valence electrons. The molecule has 1 aliphatic heterocycles. The summed E-state index contributed by atoms with van der Waals surface area (Å²) in [6.45, 7) is 2.69. The second-order valence-electron chi connectivity index (χ2n) is 6.56. The van der Waals surface area contributed by atoms with Gasteiger partial charge in [-0.1, -0.05) is 41.9 Å². The van der Waals surface area contributed by atoms with Crippen molar-refractivity contribution in [3.05, 3.63) is 69.7 Å². The summed E-state index contributed by atoms with van der Waals surface area (Å²) in [6, 6.07) is 16.1. The maximum Gasteiger partial charge on any atom is 0.419 e. The van der Waals surface area contributed by atoms with Gasteiger partial charge in [-0.2, -0.15) is 0 Å². The minimum Gasteiger partial charge on any atom is -0.408 e. The van der Waals surface area contributed by atoms with Crippen LogP contribution in [0.15, 0.2) is 57.7 Å². The predicted molar refractivity (Wildman–Crippen MR) is 100 cm³/mol. The fourth-order valence-electron chi connectivity index (χ4n) is 3.85. The summed E-state index contributed by atoms with van der Waals surface area (Å²) in [5.41, 5.74) is 2.74. The first-order valence-corrected chi connectivity index (χ1v) is 9.19. The topological polar surface area (TPSA) is 38.4 Å². The summed E-state index contributed by atoms with van der Waals surface area (Å²) in [5, 5.41) is 0.844. The molecule has 4 rings (SSSR count). The van der Waals surface area contributed by atoms with Gasteiger partial charge in [0.05, 0.1) is 5.52 Å². The summed E-state index contributed by atoms with van der Waals surface area (Å²) >= 11 is 6.39. The van der Waals surface area contributed by atoms with Gasteiger partial charge in [0.2, 0.25) is 0 Å². The van der Waals surface area contributed by atoms with Crippen LogP contribution in [0.5, 0.6) is 0 Å². The molecule has 1 aromatic heterocycles. The summed E-state index contributed by atoms with van der Waals surface area (Å²) < 4.78 is 7.04. The van der Waals surface area contributed by atoms with Gasteiger partial charge in [-0.15, -0.1) is 0 Å². The molecule has 1 fully saturated rings. The maximum absolute atomic E-state index is 12.1. The van der Waals surface area contributed by atoms with Gasteiger partial charge >= 0.3 is 5.76 Å². The van der Waals surface area contributed by atoms with Gasteiger partial charge in [0.15, 0.2) is 5.58 Å². The van der Waals surface area contributed by atoms with E-state index in [1.807, 2.05) is 36.4 Å². The monoisotopic (exact) mass is 356 g/mol. The lowest BCUT2D eigenvalue weighted by molar-refractivity contribution is 0.248. The van der Waals surface area contributed by atoms with E-state index in [1.165, 1.54) is 12.0 Å². The van der Waals surface area contributed by atoms with E-state index >= 15 is 0 Å². The highest BCUT2D eigenvalue weighted by molar-refractivity contribution is 6.31. The molecule has 0 amide bonds. The Bertz CT molecular complexity index is 931. The average molecular weight is 357 g/mol. The molecule has 0 bridgehead atoms. The molecule has 3 aromatic rings. The Morgan fingerprint density at radius 2 is 1.88 bits per heavy atom. The Hall–Kier alpha value is -2.04. The number of nitrogens with zero attached hydrogens (tertiary/aromatic N) is 2. The first kappa shape index (κ1) is 16.4. The number of halogens is 1. The molecule has 0 unspecified atom stereocenters. The zero-order chi connectivity index (χ0) is 17.2. The Balaban J connectivity index is 1.45. The van der Waals surface area contributed by atoms with Crippen molar-refractivity contribution in [3.63, 3.8) is 0 Å². The fourth-order valence-corrected chi connectivity index (χ4v) is 4.11. The van der Waals surface area contributed by atoms with Crippen molar-refractivity contribution in [2.75, 3.05) is 13.1 Å². The van der Waals surface area contributed by atoms with Crippen LogP contribution in [0.4, 0.5) is 0 Å². The lowest BCUT2D eigenvalue weighted by atomic mass is 10.0. The van der Waals surface area contributed by atoms with E-state index in [9.17, 15) is 4.79 Å². The van der Waals surface area contributed by atoms with Crippen LogP contribution in [0.2, 0.25) is 5.02 Å². The molecule has 0 radical (unpaired) electrons. The van der Waals surface area contributed by atoms with Crippen molar-refractivity contribution >= 4 is 22.7 Å². The van der Waals surface area contributed by atoms with E-state index in [1.54, 1.807) is 4.57 Å². The standard InChI is InChI=1S/C20H21ClN2O2/c21-16-8-2-1-7-15(16)17-10-5-12-22(17)13-6-14-23-18-9-3-4-11-19(18)25-20(23)24/h1-4,7-9,11,17H,5-6,10,12-14H2/t17-/m0/s1. The Morgan fingerprint density at radius 3 is 2.76 bits per heavy atom. The minimum atomic E-state index is -0.273. The molecule has 0 N–H and O–H groups in total. The third-order valence-corrected chi connectivity index (χ3v) is 5.37. The van der Waals surface area contributed by atoms with Gasteiger partial charge in [-0.05, 0) is 49.6 Å². The third kappa shape index (κ3) is 3.24. The van der Waals surface area contributed by atoms with Crippen molar-refractivity contribution in [1.82, 2.24) is 9.47 Å². The molecule has 1 saturated heterocycles. The molecule has 2 aromatic carbocycles. The number of benzene rings is 2. The molecule has 5 heteroatoms. The van der Waals surface area contributed by atoms with Crippen molar-refractivity contribution in [1.29, 1.82) is 0 Å². The average Bonchev–Trinajstić information content (AvgIpc) is 3.20. The van der Waals surface area contributed by atoms with Gasteiger partial charge < -0.3 is 4.42 Å². The van der Waals surface area contributed by atoms with Crippen LogP contribution in [-0.4, -0.2) is 22.6 Å². The number of hydrogen-bond acceptors (Lipinski definition) is 3. The number of aryl methyl sites for hydroxylation is 1. The number of para-hydroxylation sites is 2. The highest BCUT2D eigenvalue weighted by Crippen LogP contribution is 2.35. The minimum absolute atomic E-state index is 0.273. The van der Waals surface area contributed by atoms with Crippen molar-refractivity contribution in [2.45, 2.75) is 31.8 Å². The van der Waals surface area contributed by atoms with Gasteiger partial charge in [-0.25, -0.2) is 4.79 Å². The summed E-state index contributed by atoms with van der Waals surface area (Å²) in [4.78, 5) is 14.5. The molecule has 4 nitrogen and oxygen atoms in total. The van der Waals surface area contributed by atoms with Gasteiger partial charge in [0.25, 0.3) is 0 Å². The van der Waals surface area contributed by atoms with Crippen LogP contribution in [0.1, 0.15) is 30.9 Å². The smallest absolute Gasteiger partial charge is 0.408 e. The van der Waals surface area contributed by atoms with E-state index in [0.29, 0.717) is 18.2 Å². The van der Waals surface area contributed by atoms with Crippen LogP contribution in [0.3, 0.4) is 0 Å². The quantitative estimate of drug-likeness (QED) is 0.676. The van der Waals surface area contributed by atoms with Gasteiger partial charge in [0.1, 0.15) is 0 Å². The summed E-state index contributed by atoms with van der Waals surface area (Å²) in [5.74, 6) is -0.273. The Kier molecular flexibility index (Phi) is 4.64. The number of likely N-dealkylation sites (tertiary alicyclic amines) is 1. The third-order valence-electron chi connectivity index (χ3n) is 5.03. The first-order chi connectivity index (χ1) is 12.2. The SMILES string of the molecule is O=c1oc2ccccc2n1CCCN1CCC[C@H]1c1ccccc1Cl. The predicted octanol–water partition coefficient (Wildman–Crippen LogP) is 4.48. The first-order valence-electron chi connectivity index (χ1n) is 8.81. The van der Waals surface area contributed by atoms with E-state index in [4.69, 9.17) is 16.0 Å². The van der Waals surface area contributed by atoms with E-state index in [0.717, 1.165) is 36.5 Å². The summed E-state index contributed by atoms with van der Waals surface area (Å²) in [6.07, 6.45) is 3.23. The number of fused-ring (bicyclic) bond motifs is 1. The van der Waals surface area contributed by atoms with Crippen molar-refractivity contribution < 1.29 is 4.42 Å². The zero-order valence-electron chi connectivity index (χ0n) is 14.0. The normalized spacial score (nSPS) is 18.2. The van der Waals surface area contributed by atoms with Crippen LogP contribution in [-0.2, 0) is 6.54 Å². The molecule has 1 aliphatic rings. The Labute approximate surface area is 151 Å². The maximum atomic E-state index is 12.1. The number of oxazole rings is 1. The molecular formula is C20H21ClN2O2. The Morgan fingerprint density at radius 1 is 1.08 bits per heavy atom. The van der Waals surface area contributed by atoms with E-state index in [2.05, 4.69) is 17.0 Å². The number of hydrogen-bond donors (Lipinski definition) is 0. The second-order valence-corrected chi connectivity index (χ2v) is 6.96. The second kappa shape index (κ2) is 7.06. The van der Waals surface area contributed by atoms with Crippen molar-refractivity contribution in [2.24, 2.45) is 0 Å². The van der Waals surface area contributed by atoms with Crippen LogP contribution >= 0.6 is 11.6 Å². The van der Waals surface area contributed by atoms with Gasteiger partial charge in [-0.3, -0.25) is 9.47 Å². The molecule has 0 spiro atoms. The number of aromatic nitrogens is 1. The molecule has 25 heavy (non-hydrogen) atoms. The summed E-state index contributed by atoms with van der Waals surface area (Å²) in [7, 11) is 0. The van der Waals surface area contributed by atoms with Crippen LogP contribution in [0.25, 0.3) is 11.1 Å². The highest BCUT2D eigenvalue weighted by Gasteiger charge is 2.26. The largest absolute Gasteiger partial charge is 0.419 e. The van der Waals surface area contributed by atoms with E-state index < -0.39 is 0 Å². The molecule has 1 atom stereocenters. The van der Waals surface area contributed by atoms with E-state index in [-0.39, 0.29) is 5.76 Å². The molecule has 0 saturated carbocycles. The number of rotatable bonds is 5. The fraction of sp³-hybridized carbons (Fsp3) is 0.350. The van der Waals surface area contributed by atoms with Gasteiger partial charge in [0, 0.05) is 24.2 Å². The highest BCUT2D eigenvalue weighted by atomic mass is 35.5. The molecule has 0 aliphatic carbocycles. The van der Waals surface area contributed by atoms with Crippen molar-refractivity contribution in [3.8, 4) is 0 Å². The molecule has 2 heterocycles. The molecular weight excluding hydrogens is 336 g/mol. The van der Waals surface area contributed by atoms with Crippen LogP contribution < -0.4 is 5.76 Å².